The Bertz CT molecular complexity index is 1430. The van der Waals surface area contributed by atoms with Crippen molar-refractivity contribution in [3.8, 4) is 28.5 Å². The second-order valence-electron chi connectivity index (χ2n) is 8.94. The van der Waals surface area contributed by atoms with Crippen LogP contribution < -0.4 is 10.1 Å². The first-order chi connectivity index (χ1) is 18.0. The maximum atomic E-state index is 13.0. The fourth-order valence-electron chi connectivity index (χ4n) is 3.91. The molecule has 2 aromatic carbocycles. The summed E-state index contributed by atoms with van der Waals surface area (Å²) < 4.78 is 45.8. The largest absolute Gasteiger partial charge is 0.479 e. The van der Waals surface area contributed by atoms with Crippen LogP contribution in [0.1, 0.15) is 36.6 Å². The van der Waals surface area contributed by atoms with Gasteiger partial charge in [-0.2, -0.15) is 13.2 Å². The summed E-state index contributed by atoms with van der Waals surface area (Å²) in [6, 6.07) is 14.7. The van der Waals surface area contributed by atoms with E-state index in [0.29, 0.717) is 23.8 Å². The number of hydrogen-bond acceptors (Lipinski definition) is 6. The highest BCUT2D eigenvalue weighted by atomic mass is 19.4. The highest BCUT2D eigenvalue weighted by molar-refractivity contribution is 5.69. The number of alkyl halides is 3. The molecule has 2 N–H and O–H groups in total. The number of aromatic nitrogens is 4. The number of imidazole rings is 1. The molecule has 198 valence electrons. The molecule has 11 heteroatoms. The highest BCUT2D eigenvalue weighted by Gasteiger charge is 2.34. The minimum absolute atomic E-state index is 0.183. The Hall–Kier alpha value is -4.41. The standard InChI is InChI=1S/C27H26F3N5O3/c1-16(2)19-6-4-5-7-20(19)24-32-13-21(38-15-23(36)37)25(34-24)31-12-17-8-10-18(11-9-17)26-33-22(14-35(26)3)27(28,29)30/h4-11,13-14,16H,12,15H2,1-3H3,(H,36,37)(H,31,32,34). The van der Waals surface area contributed by atoms with Crippen molar-refractivity contribution in [2.45, 2.75) is 32.5 Å². The number of halogens is 3. The molecule has 0 fully saturated rings. The maximum Gasteiger partial charge on any atom is 0.434 e. The molecule has 0 aliphatic heterocycles. The third-order valence-electron chi connectivity index (χ3n) is 5.77. The lowest BCUT2D eigenvalue weighted by atomic mass is 9.97. The smallest absolute Gasteiger partial charge is 0.434 e. The fourth-order valence-corrected chi connectivity index (χ4v) is 3.91. The van der Waals surface area contributed by atoms with Gasteiger partial charge in [0.1, 0.15) is 5.82 Å². The first-order valence-corrected chi connectivity index (χ1v) is 11.8. The van der Waals surface area contributed by atoms with Crippen LogP contribution >= 0.6 is 0 Å². The molecule has 0 amide bonds. The van der Waals surface area contributed by atoms with Gasteiger partial charge in [0.25, 0.3) is 0 Å². The zero-order valence-corrected chi connectivity index (χ0v) is 21.0. The monoisotopic (exact) mass is 525 g/mol. The van der Waals surface area contributed by atoms with Gasteiger partial charge >= 0.3 is 12.1 Å². The van der Waals surface area contributed by atoms with Gasteiger partial charge in [0.05, 0.1) is 6.20 Å². The number of aliphatic carboxylic acids is 1. The summed E-state index contributed by atoms with van der Waals surface area (Å²) >= 11 is 0. The fraction of sp³-hybridized carbons (Fsp3) is 0.259. The predicted octanol–water partition coefficient (Wildman–Crippen LogP) is 5.76. The molecule has 0 atom stereocenters. The lowest BCUT2D eigenvalue weighted by Crippen LogP contribution is -2.12. The van der Waals surface area contributed by atoms with Crippen LogP contribution in [0.5, 0.6) is 5.75 Å². The number of ether oxygens (including phenoxy) is 1. The summed E-state index contributed by atoms with van der Waals surface area (Å²) in [7, 11) is 1.51. The molecule has 0 aliphatic carbocycles. The SMILES string of the molecule is CC(C)c1ccccc1-c1ncc(OCC(=O)O)c(NCc2ccc(-c3nc(C(F)(F)F)cn3C)cc2)n1. The van der Waals surface area contributed by atoms with Crippen LogP contribution in [0.25, 0.3) is 22.8 Å². The number of rotatable bonds is 9. The molecule has 8 nitrogen and oxygen atoms in total. The Morgan fingerprint density at radius 1 is 1.11 bits per heavy atom. The lowest BCUT2D eigenvalue weighted by molar-refractivity contribution is -0.141. The summed E-state index contributed by atoms with van der Waals surface area (Å²) in [4.78, 5) is 23.8. The molecule has 2 heterocycles. The molecular weight excluding hydrogens is 499 g/mol. The topological polar surface area (TPSA) is 102 Å². The number of nitrogens with zero attached hydrogens (tertiary/aromatic N) is 4. The van der Waals surface area contributed by atoms with E-state index < -0.39 is 24.4 Å². The van der Waals surface area contributed by atoms with Crippen molar-refractivity contribution in [3.63, 3.8) is 0 Å². The third kappa shape index (κ3) is 6.10. The second-order valence-corrected chi connectivity index (χ2v) is 8.94. The van der Waals surface area contributed by atoms with Crippen LogP contribution in [-0.4, -0.2) is 37.2 Å². The molecule has 0 aliphatic rings. The van der Waals surface area contributed by atoms with Crippen molar-refractivity contribution in [2.75, 3.05) is 11.9 Å². The van der Waals surface area contributed by atoms with Crippen LogP contribution in [0.4, 0.5) is 19.0 Å². The summed E-state index contributed by atoms with van der Waals surface area (Å²) in [6.45, 7) is 3.88. The molecule has 0 saturated heterocycles. The molecule has 2 aromatic heterocycles. The van der Waals surface area contributed by atoms with Crippen molar-refractivity contribution < 1.29 is 27.8 Å². The number of nitrogens with one attached hydrogen (secondary N) is 1. The van der Waals surface area contributed by atoms with Gasteiger partial charge in [-0.05, 0) is 17.0 Å². The predicted molar refractivity (Wildman–Crippen MR) is 136 cm³/mol. The Labute approximate surface area is 217 Å². The van der Waals surface area contributed by atoms with E-state index >= 15 is 0 Å². The van der Waals surface area contributed by atoms with Crippen LogP contribution in [0, 0.1) is 0 Å². The molecule has 0 radical (unpaired) electrons. The molecular formula is C27H26F3N5O3. The van der Waals surface area contributed by atoms with Crippen LogP contribution in [-0.2, 0) is 24.6 Å². The van der Waals surface area contributed by atoms with E-state index in [2.05, 4.69) is 34.1 Å². The van der Waals surface area contributed by atoms with Gasteiger partial charge in [0.2, 0.25) is 0 Å². The van der Waals surface area contributed by atoms with Crippen molar-refractivity contribution in [1.82, 2.24) is 19.5 Å². The summed E-state index contributed by atoms with van der Waals surface area (Å²) in [5.41, 5.74) is 2.32. The normalized spacial score (nSPS) is 11.6. The molecule has 0 unspecified atom stereocenters. The number of hydrogen-bond donors (Lipinski definition) is 2. The van der Waals surface area contributed by atoms with Crippen LogP contribution in [0.2, 0.25) is 0 Å². The summed E-state index contributed by atoms with van der Waals surface area (Å²) in [6.07, 6.45) is -2.13. The summed E-state index contributed by atoms with van der Waals surface area (Å²) in [5.74, 6) is 0.262. The lowest BCUT2D eigenvalue weighted by Gasteiger charge is -2.15. The minimum atomic E-state index is -4.52. The number of carboxylic acid groups (broad SMARTS) is 1. The zero-order chi connectivity index (χ0) is 27.4. The first kappa shape index (κ1) is 26.6. The zero-order valence-electron chi connectivity index (χ0n) is 21.0. The van der Waals surface area contributed by atoms with Crippen molar-refractivity contribution in [2.24, 2.45) is 7.05 Å². The van der Waals surface area contributed by atoms with Gasteiger partial charge in [0, 0.05) is 30.9 Å². The Balaban J connectivity index is 1.58. The van der Waals surface area contributed by atoms with E-state index in [9.17, 15) is 18.0 Å². The van der Waals surface area contributed by atoms with E-state index in [0.717, 1.165) is 22.9 Å². The molecule has 0 bridgehead atoms. The summed E-state index contributed by atoms with van der Waals surface area (Å²) in [5, 5.41) is 12.2. The van der Waals surface area contributed by atoms with Crippen LogP contribution in [0.15, 0.2) is 60.9 Å². The van der Waals surface area contributed by atoms with Gasteiger partial charge in [-0.25, -0.2) is 19.7 Å². The average Bonchev–Trinajstić information content (AvgIpc) is 3.29. The third-order valence-corrected chi connectivity index (χ3v) is 5.77. The second kappa shape index (κ2) is 10.9. The Kier molecular flexibility index (Phi) is 7.65. The van der Waals surface area contributed by atoms with E-state index in [1.165, 1.54) is 17.8 Å². The number of anilines is 1. The highest BCUT2D eigenvalue weighted by Crippen LogP contribution is 2.32. The maximum absolute atomic E-state index is 13.0. The number of carboxylic acids is 1. The molecule has 0 spiro atoms. The van der Waals surface area contributed by atoms with E-state index in [1.54, 1.807) is 24.3 Å². The first-order valence-electron chi connectivity index (χ1n) is 11.8. The molecule has 0 saturated carbocycles. The van der Waals surface area contributed by atoms with Gasteiger partial charge in [-0.15, -0.1) is 0 Å². The van der Waals surface area contributed by atoms with Gasteiger partial charge in [0.15, 0.2) is 29.7 Å². The van der Waals surface area contributed by atoms with Crippen molar-refractivity contribution >= 4 is 11.8 Å². The molecule has 4 aromatic rings. The minimum Gasteiger partial charge on any atom is -0.479 e. The number of aryl methyl sites for hydroxylation is 1. The van der Waals surface area contributed by atoms with E-state index in [-0.39, 0.29) is 17.5 Å². The Morgan fingerprint density at radius 2 is 1.82 bits per heavy atom. The van der Waals surface area contributed by atoms with Gasteiger partial charge in [-0.3, -0.25) is 0 Å². The number of benzene rings is 2. The van der Waals surface area contributed by atoms with Gasteiger partial charge in [-0.1, -0.05) is 62.4 Å². The molecule has 38 heavy (non-hydrogen) atoms. The average molecular weight is 526 g/mol. The quantitative estimate of drug-likeness (QED) is 0.286. The van der Waals surface area contributed by atoms with Crippen LogP contribution in [0.3, 0.4) is 0 Å². The van der Waals surface area contributed by atoms with Crippen molar-refractivity contribution in [1.29, 1.82) is 0 Å². The van der Waals surface area contributed by atoms with Crippen molar-refractivity contribution in [3.05, 3.63) is 77.7 Å². The van der Waals surface area contributed by atoms with E-state index in [4.69, 9.17) is 9.84 Å². The molecule has 4 rings (SSSR count). The Morgan fingerprint density at radius 3 is 2.45 bits per heavy atom. The van der Waals surface area contributed by atoms with Gasteiger partial charge < -0.3 is 19.7 Å². The number of carbonyl (C=O) groups is 1. The van der Waals surface area contributed by atoms with E-state index in [1.807, 2.05) is 24.3 Å².